The van der Waals surface area contributed by atoms with Crippen LogP contribution in [0.3, 0.4) is 0 Å². The summed E-state index contributed by atoms with van der Waals surface area (Å²) in [4.78, 5) is 2.83. The average Bonchev–Trinajstić information content (AvgIpc) is 3.30. The quantitative estimate of drug-likeness (QED) is 0.576. The van der Waals surface area contributed by atoms with Gasteiger partial charge in [0.2, 0.25) is 0 Å². The number of aliphatic hydroxyl groups is 2. The van der Waals surface area contributed by atoms with Crippen molar-refractivity contribution < 1.29 is 10.2 Å². The highest BCUT2D eigenvalue weighted by atomic mass is 32.2. The molecule has 0 radical (unpaired) electrons. The van der Waals surface area contributed by atoms with Gasteiger partial charge in [-0.25, -0.2) is 0 Å². The summed E-state index contributed by atoms with van der Waals surface area (Å²) >= 11 is 13.6. The van der Waals surface area contributed by atoms with Crippen LogP contribution in [0.15, 0.2) is 20.6 Å². The molecule has 0 saturated carbocycles. The molecule has 3 heterocycles. The van der Waals surface area contributed by atoms with Gasteiger partial charge in [0.15, 0.2) is 0 Å². The number of aliphatic hydroxyl groups excluding tert-OH is 2. The van der Waals surface area contributed by atoms with E-state index >= 15 is 0 Å². The molecule has 2 aliphatic rings. The molecule has 23 heavy (non-hydrogen) atoms. The first-order valence-electron chi connectivity index (χ1n) is 7.36. The molecule has 2 saturated heterocycles. The lowest BCUT2D eigenvalue weighted by Gasteiger charge is -2.11. The molecule has 3 rings (SSSR count). The van der Waals surface area contributed by atoms with E-state index in [4.69, 9.17) is 0 Å². The Morgan fingerprint density at radius 2 is 1.35 bits per heavy atom. The summed E-state index contributed by atoms with van der Waals surface area (Å²) in [5, 5.41) is 23.9. The van der Waals surface area contributed by atoms with E-state index < -0.39 is 0 Å². The van der Waals surface area contributed by atoms with Gasteiger partial charge in [-0.05, 0) is 0 Å². The predicted octanol–water partition coefficient (Wildman–Crippen LogP) is 4.27. The Morgan fingerprint density at radius 1 is 0.870 bits per heavy atom. The molecule has 4 unspecified atom stereocenters. The second-order valence-corrected chi connectivity index (χ2v) is 14.1. The molecule has 0 aromatic carbocycles. The van der Waals surface area contributed by atoms with Crippen LogP contribution in [0.5, 0.6) is 0 Å². The van der Waals surface area contributed by atoms with Crippen LogP contribution in [-0.2, 0) is 0 Å². The summed E-state index contributed by atoms with van der Waals surface area (Å²) in [6, 6.07) is 0. The molecular formula is C14H20O2S7. The minimum atomic E-state index is 0.309. The Morgan fingerprint density at radius 3 is 1.74 bits per heavy atom. The van der Waals surface area contributed by atoms with E-state index in [1.165, 1.54) is 9.79 Å². The average molecular weight is 445 g/mol. The van der Waals surface area contributed by atoms with Crippen molar-refractivity contribution in [1.82, 2.24) is 0 Å². The van der Waals surface area contributed by atoms with Gasteiger partial charge in [-0.1, -0.05) is 0 Å². The molecule has 1 aromatic rings. The molecule has 2 aliphatic heterocycles. The zero-order valence-corrected chi connectivity index (χ0v) is 18.2. The maximum atomic E-state index is 9.23. The van der Waals surface area contributed by atoms with Crippen molar-refractivity contribution in [3.63, 3.8) is 0 Å². The predicted molar refractivity (Wildman–Crippen MR) is 115 cm³/mol. The van der Waals surface area contributed by atoms with Crippen LogP contribution in [0.1, 0.15) is 0 Å². The van der Waals surface area contributed by atoms with E-state index in [9.17, 15) is 10.2 Å². The highest BCUT2D eigenvalue weighted by Crippen LogP contribution is 2.45. The maximum Gasteiger partial charge on any atom is 0.0600 e. The molecule has 0 spiro atoms. The third-order valence-corrected chi connectivity index (χ3v) is 14.2. The van der Waals surface area contributed by atoms with Crippen molar-refractivity contribution in [3.8, 4) is 0 Å². The summed E-state index contributed by atoms with van der Waals surface area (Å²) in [7, 11) is 0. The molecule has 2 nitrogen and oxygen atoms in total. The van der Waals surface area contributed by atoms with Crippen molar-refractivity contribution in [2.24, 2.45) is 0 Å². The van der Waals surface area contributed by atoms with Crippen molar-refractivity contribution in [1.29, 1.82) is 0 Å². The first kappa shape index (κ1) is 19.5. The van der Waals surface area contributed by atoms with Crippen LogP contribution in [0.25, 0.3) is 0 Å². The van der Waals surface area contributed by atoms with E-state index in [0.717, 1.165) is 23.0 Å². The zero-order valence-electron chi connectivity index (χ0n) is 12.5. The van der Waals surface area contributed by atoms with Crippen LogP contribution in [0.4, 0.5) is 0 Å². The Kier molecular flexibility index (Phi) is 8.60. The minimum Gasteiger partial charge on any atom is -0.395 e. The Bertz CT molecular complexity index is 443. The molecule has 0 aliphatic carbocycles. The van der Waals surface area contributed by atoms with Crippen LogP contribution in [0, 0.1) is 0 Å². The van der Waals surface area contributed by atoms with Gasteiger partial charge in [0.25, 0.3) is 0 Å². The summed E-state index contributed by atoms with van der Waals surface area (Å²) in [5.41, 5.74) is 0. The zero-order chi connectivity index (χ0) is 16.1. The molecule has 4 atom stereocenters. The van der Waals surface area contributed by atoms with Gasteiger partial charge in [0, 0.05) is 54.1 Å². The lowest BCUT2D eigenvalue weighted by atomic mass is 10.5. The molecular weight excluding hydrogens is 425 g/mol. The Balaban J connectivity index is 1.42. The minimum absolute atomic E-state index is 0.309. The van der Waals surface area contributed by atoms with Gasteiger partial charge < -0.3 is 10.2 Å². The van der Waals surface area contributed by atoms with Crippen LogP contribution >= 0.6 is 81.9 Å². The number of hydrogen-bond acceptors (Lipinski definition) is 9. The summed E-state index contributed by atoms with van der Waals surface area (Å²) in [5.74, 6) is 4.41. The van der Waals surface area contributed by atoms with Gasteiger partial charge in [-0.3, -0.25) is 0 Å². The SMILES string of the molecule is OCC1CSC(CSc2cscc2SCC2SCC(CO)S2)S1. The topological polar surface area (TPSA) is 40.5 Å². The van der Waals surface area contributed by atoms with E-state index in [1.807, 2.05) is 70.6 Å². The standard InChI is InChI=1S/C14H20O2S7/c15-1-9-3-20-13(22-9)7-18-11-5-17-6-12(11)19-8-14-21-4-10(2-16)23-14/h5-6,9-10,13-16H,1-4,7-8H2. The number of rotatable bonds is 8. The van der Waals surface area contributed by atoms with Crippen LogP contribution in [0.2, 0.25) is 0 Å². The van der Waals surface area contributed by atoms with Crippen LogP contribution < -0.4 is 0 Å². The Hall–Kier alpha value is 1.72. The molecule has 0 bridgehead atoms. The normalized spacial score (nSPS) is 31.0. The lowest BCUT2D eigenvalue weighted by Crippen LogP contribution is -2.07. The van der Waals surface area contributed by atoms with Gasteiger partial charge >= 0.3 is 0 Å². The second-order valence-electron chi connectivity index (χ2n) is 5.13. The summed E-state index contributed by atoms with van der Waals surface area (Å²) in [6.45, 7) is 0.619. The van der Waals surface area contributed by atoms with E-state index in [2.05, 4.69) is 10.8 Å². The summed E-state index contributed by atoms with van der Waals surface area (Å²) < 4.78 is 1.22. The fourth-order valence-corrected chi connectivity index (χ4v) is 12.6. The van der Waals surface area contributed by atoms with Gasteiger partial charge in [-0.2, -0.15) is 11.3 Å². The first-order valence-corrected chi connectivity index (χ1v) is 14.3. The maximum absolute atomic E-state index is 9.23. The molecule has 1 aromatic heterocycles. The van der Waals surface area contributed by atoms with Gasteiger partial charge in [-0.15, -0.1) is 70.6 Å². The van der Waals surface area contributed by atoms with Gasteiger partial charge in [0.1, 0.15) is 0 Å². The fourth-order valence-electron chi connectivity index (χ4n) is 2.18. The third-order valence-electron chi connectivity index (χ3n) is 3.37. The highest BCUT2D eigenvalue weighted by molar-refractivity contribution is 8.22. The van der Waals surface area contributed by atoms with Crippen LogP contribution in [-0.4, -0.2) is 66.1 Å². The molecule has 130 valence electrons. The van der Waals surface area contributed by atoms with E-state index in [0.29, 0.717) is 32.9 Å². The molecule has 9 heteroatoms. The fraction of sp³-hybridized carbons (Fsp3) is 0.714. The second kappa shape index (κ2) is 10.2. The molecule has 0 amide bonds. The third kappa shape index (κ3) is 5.85. The number of hydrogen-bond donors (Lipinski definition) is 2. The van der Waals surface area contributed by atoms with E-state index in [1.54, 1.807) is 11.3 Å². The van der Waals surface area contributed by atoms with E-state index in [-0.39, 0.29) is 0 Å². The van der Waals surface area contributed by atoms with Crippen molar-refractivity contribution in [3.05, 3.63) is 10.8 Å². The number of thiophene rings is 1. The molecule has 2 fully saturated rings. The van der Waals surface area contributed by atoms with Crippen molar-refractivity contribution in [2.75, 3.05) is 36.2 Å². The van der Waals surface area contributed by atoms with Crippen molar-refractivity contribution >= 4 is 81.9 Å². The number of thioether (sulfide) groups is 6. The Labute approximate surface area is 167 Å². The van der Waals surface area contributed by atoms with Crippen molar-refractivity contribution in [2.45, 2.75) is 29.5 Å². The molecule has 2 N–H and O–H groups in total. The monoisotopic (exact) mass is 444 g/mol. The summed E-state index contributed by atoms with van der Waals surface area (Å²) in [6.07, 6.45) is 0. The van der Waals surface area contributed by atoms with Gasteiger partial charge in [0.05, 0.1) is 22.4 Å². The first-order chi connectivity index (χ1) is 11.3. The largest absolute Gasteiger partial charge is 0.395 e. The highest BCUT2D eigenvalue weighted by Gasteiger charge is 2.27. The smallest absolute Gasteiger partial charge is 0.0600 e. The lowest BCUT2D eigenvalue weighted by molar-refractivity contribution is 0.301.